The molecule has 2 fully saturated rings. The average molecular weight is 403 g/mol. The number of hydrogen-bond acceptors (Lipinski definition) is 4. The predicted molar refractivity (Wildman–Crippen MR) is 118 cm³/mol. The monoisotopic (exact) mass is 402 g/mol. The molecule has 1 spiro atoms. The normalized spacial score (nSPS) is 22.0. The van der Waals surface area contributed by atoms with Gasteiger partial charge in [0.15, 0.2) is 5.65 Å². The second kappa shape index (κ2) is 6.30. The molecule has 156 valence electrons. The number of anilines is 1. The Kier molecular flexibility index (Phi) is 3.86. The van der Waals surface area contributed by atoms with E-state index in [9.17, 15) is 0 Å². The second-order valence-corrected chi connectivity index (χ2v) is 9.92. The molecular formula is C25H30N4O. The molecule has 0 bridgehead atoms. The van der Waals surface area contributed by atoms with Crippen LogP contribution < -0.4 is 4.90 Å². The van der Waals surface area contributed by atoms with Crippen LogP contribution in [0.2, 0.25) is 0 Å². The average Bonchev–Trinajstić information content (AvgIpc) is 3.42. The molecule has 5 nitrogen and oxygen atoms in total. The molecule has 0 N–H and O–H groups in total. The number of hydrogen-bond donors (Lipinski definition) is 0. The molecule has 30 heavy (non-hydrogen) atoms. The number of ether oxygens (including phenoxy) is 1. The van der Waals surface area contributed by atoms with Crippen molar-refractivity contribution in [1.29, 1.82) is 0 Å². The first kappa shape index (κ1) is 18.4. The molecule has 0 atom stereocenters. The maximum Gasteiger partial charge on any atom is 0.165 e. The van der Waals surface area contributed by atoms with Crippen molar-refractivity contribution in [3.05, 3.63) is 59.0 Å². The van der Waals surface area contributed by atoms with Crippen molar-refractivity contribution in [2.75, 3.05) is 18.0 Å². The quantitative estimate of drug-likeness (QED) is 0.634. The van der Waals surface area contributed by atoms with Crippen molar-refractivity contribution in [2.45, 2.75) is 64.1 Å². The molecule has 3 aromatic rings. The lowest BCUT2D eigenvalue weighted by Gasteiger charge is -2.42. The fourth-order valence-electron chi connectivity index (χ4n) is 5.67. The van der Waals surface area contributed by atoms with E-state index in [-0.39, 0.29) is 11.2 Å². The Morgan fingerprint density at radius 3 is 2.50 bits per heavy atom. The number of nitrogens with zero attached hydrogens (tertiary/aromatic N) is 4. The summed E-state index contributed by atoms with van der Waals surface area (Å²) in [5.74, 6) is 1.92. The standard InChI is InChI=1S/C25H30N4O/c1-17-21(10-13-29-22(16-18-8-9-18)26-27-23(17)29)28-14-11-25(12-15-28)20-7-5-4-6-19(20)24(2,3)30-25/h4-7,10,13,18H,8-9,11-12,14-16H2,1-3H3. The minimum absolute atomic E-state index is 0.152. The van der Waals surface area contributed by atoms with Crippen molar-refractivity contribution in [2.24, 2.45) is 5.92 Å². The zero-order chi connectivity index (χ0) is 20.5. The van der Waals surface area contributed by atoms with Gasteiger partial charge in [-0.1, -0.05) is 24.3 Å². The van der Waals surface area contributed by atoms with E-state index in [2.05, 4.69) is 76.8 Å². The molecule has 6 rings (SSSR count). The number of aromatic nitrogens is 3. The Bertz CT molecular complexity index is 1120. The Morgan fingerprint density at radius 2 is 1.77 bits per heavy atom. The van der Waals surface area contributed by atoms with Crippen molar-refractivity contribution in [3.63, 3.8) is 0 Å². The van der Waals surface area contributed by atoms with E-state index in [0.29, 0.717) is 0 Å². The molecule has 2 aliphatic heterocycles. The maximum atomic E-state index is 6.73. The van der Waals surface area contributed by atoms with Gasteiger partial charge in [-0.3, -0.25) is 4.40 Å². The van der Waals surface area contributed by atoms with Crippen LogP contribution in [-0.2, 0) is 22.4 Å². The van der Waals surface area contributed by atoms with Gasteiger partial charge in [0.05, 0.1) is 11.2 Å². The van der Waals surface area contributed by atoms with Gasteiger partial charge in [0, 0.05) is 37.0 Å². The van der Waals surface area contributed by atoms with E-state index in [0.717, 1.165) is 49.7 Å². The minimum Gasteiger partial charge on any atom is -0.371 e. The number of fused-ring (bicyclic) bond motifs is 3. The van der Waals surface area contributed by atoms with Crippen LogP contribution in [0, 0.1) is 12.8 Å². The fourth-order valence-corrected chi connectivity index (χ4v) is 5.67. The van der Waals surface area contributed by atoms with Crippen LogP contribution >= 0.6 is 0 Å². The second-order valence-electron chi connectivity index (χ2n) is 9.92. The smallest absolute Gasteiger partial charge is 0.165 e. The lowest BCUT2D eigenvalue weighted by atomic mass is 9.82. The predicted octanol–water partition coefficient (Wildman–Crippen LogP) is 4.75. The van der Waals surface area contributed by atoms with E-state index in [1.165, 1.54) is 35.2 Å². The van der Waals surface area contributed by atoms with Gasteiger partial charge in [-0.2, -0.15) is 0 Å². The molecule has 4 heterocycles. The number of piperidine rings is 1. The lowest BCUT2D eigenvalue weighted by molar-refractivity contribution is -0.136. The Balaban J connectivity index is 1.27. The third-order valence-corrected chi connectivity index (χ3v) is 7.46. The van der Waals surface area contributed by atoms with Crippen LogP contribution in [0.15, 0.2) is 36.5 Å². The summed E-state index contributed by atoms with van der Waals surface area (Å²) in [6, 6.07) is 11.0. The van der Waals surface area contributed by atoms with E-state index in [4.69, 9.17) is 4.74 Å². The summed E-state index contributed by atoms with van der Waals surface area (Å²) in [4.78, 5) is 2.51. The van der Waals surface area contributed by atoms with Gasteiger partial charge in [0.2, 0.25) is 0 Å². The summed E-state index contributed by atoms with van der Waals surface area (Å²) in [7, 11) is 0. The van der Waals surface area contributed by atoms with Crippen molar-refractivity contribution in [1.82, 2.24) is 14.6 Å². The number of benzene rings is 1. The highest BCUT2D eigenvalue weighted by Gasteiger charge is 2.50. The van der Waals surface area contributed by atoms with E-state index in [1.54, 1.807) is 0 Å². The van der Waals surface area contributed by atoms with E-state index < -0.39 is 0 Å². The highest BCUT2D eigenvalue weighted by Crippen LogP contribution is 2.52. The van der Waals surface area contributed by atoms with Crippen LogP contribution in [0.5, 0.6) is 0 Å². The molecule has 0 unspecified atom stereocenters. The zero-order valence-corrected chi connectivity index (χ0v) is 18.2. The minimum atomic E-state index is -0.215. The topological polar surface area (TPSA) is 42.7 Å². The van der Waals surface area contributed by atoms with Crippen molar-refractivity contribution >= 4 is 11.3 Å². The lowest BCUT2D eigenvalue weighted by Crippen LogP contribution is -2.44. The third-order valence-electron chi connectivity index (χ3n) is 7.46. The Hall–Kier alpha value is -2.40. The summed E-state index contributed by atoms with van der Waals surface area (Å²) >= 11 is 0. The maximum absolute atomic E-state index is 6.73. The zero-order valence-electron chi connectivity index (χ0n) is 18.2. The SMILES string of the molecule is Cc1c(N2CCC3(CC2)OC(C)(C)c2ccccc23)ccn2c(CC3CC3)nnc12. The largest absolute Gasteiger partial charge is 0.371 e. The van der Waals surface area contributed by atoms with Gasteiger partial charge in [-0.15, -0.1) is 10.2 Å². The van der Waals surface area contributed by atoms with Crippen LogP contribution in [0.25, 0.3) is 5.65 Å². The number of rotatable bonds is 3. The van der Waals surface area contributed by atoms with Gasteiger partial charge in [-0.25, -0.2) is 0 Å². The fraction of sp³-hybridized carbons (Fsp3) is 0.520. The van der Waals surface area contributed by atoms with Crippen LogP contribution in [0.3, 0.4) is 0 Å². The molecular weight excluding hydrogens is 372 g/mol. The molecule has 5 heteroatoms. The van der Waals surface area contributed by atoms with Crippen LogP contribution in [0.1, 0.15) is 62.0 Å². The van der Waals surface area contributed by atoms with E-state index in [1.807, 2.05) is 0 Å². The van der Waals surface area contributed by atoms with Crippen LogP contribution in [-0.4, -0.2) is 27.7 Å². The first-order valence-electron chi connectivity index (χ1n) is 11.4. The molecule has 2 aromatic heterocycles. The Morgan fingerprint density at radius 1 is 1.03 bits per heavy atom. The summed E-state index contributed by atoms with van der Waals surface area (Å²) in [5, 5.41) is 9.03. The first-order valence-corrected chi connectivity index (χ1v) is 11.4. The number of aryl methyl sites for hydroxylation is 1. The van der Waals surface area contributed by atoms with Gasteiger partial charge in [0.1, 0.15) is 5.82 Å². The summed E-state index contributed by atoms with van der Waals surface area (Å²) in [6.45, 7) is 8.58. The molecule has 0 radical (unpaired) electrons. The van der Waals surface area contributed by atoms with Crippen molar-refractivity contribution in [3.8, 4) is 0 Å². The van der Waals surface area contributed by atoms with E-state index >= 15 is 0 Å². The van der Waals surface area contributed by atoms with Crippen molar-refractivity contribution < 1.29 is 4.74 Å². The van der Waals surface area contributed by atoms with Crippen LogP contribution in [0.4, 0.5) is 5.69 Å². The summed E-state index contributed by atoms with van der Waals surface area (Å²) in [5.41, 5.74) is 5.90. The first-order chi connectivity index (χ1) is 14.5. The molecule has 1 aromatic carbocycles. The summed E-state index contributed by atoms with van der Waals surface area (Å²) in [6.07, 6.45) is 7.92. The molecule has 1 aliphatic carbocycles. The highest BCUT2D eigenvalue weighted by atomic mass is 16.5. The van der Waals surface area contributed by atoms with Gasteiger partial charge < -0.3 is 9.64 Å². The molecule has 1 saturated heterocycles. The third kappa shape index (κ3) is 2.71. The molecule has 1 saturated carbocycles. The van der Waals surface area contributed by atoms with Gasteiger partial charge >= 0.3 is 0 Å². The Labute approximate surface area is 178 Å². The van der Waals surface area contributed by atoms with Gasteiger partial charge in [-0.05, 0) is 69.6 Å². The van der Waals surface area contributed by atoms with Gasteiger partial charge in [0.25, 0.3) is 0 Å². The number of pyridine rings is 1. The molecule has 3 aliphatic rings. The molecule has 0 amide bonds. The highest BCUT2D eigenvalue weighted by molar-refractivity contribution is 5.65. The summed E-state index contributed by atoms with van der Waals surface area (Å²) < 4.78 is 8.92.